The number of hydrogen-bond acceptors (Lipinski definition) is 4. The van der Waals surface area contributed by atoms with Gasteiger partial charge in [-0.05, 0) is 0 Å². The Hall–Kier alpha value is -0.660. The largest absolute Gasteiger partial charge is 0.413 e. The molecule has 0 aromatic rings. The molecule has 4 nitrogen and oxygen atoms in total. The number of sulfone groups is 2. The van der Waals surface area contributed by atoms with Gasteiger partial charge in [0.25, 0.3) is 0 Å². The molecule has 0 aliphatic carbocycles. The first-order valence-corrected chi connectivity index (χ1v) is 7.94. The van der Waals surface area contributed by atoms with E-state index in [2.05, 4.69) is 0 Å². The summed E-state index contributed by atoms with van der Waals surface area (Å²) in [5.41, 5.74) is 0. The summed E-state index contributed by atoms with van der Waals surface area (Å²) in [4.78, 5) is 0. The molecule has 0 rings (SSSR count). The molecule has 0 heterocycles. The Morgan fingerprint density at radius 2 is 0.700 bits per heavy atom. The van der Waals surface area contributed by atoms with Gasteiger partial charge in [-0.25, -0.2) is 16.8 Å². The van der Waals surface area contributed by atoms with Gasteiger partial charge in [0.05, 0.1) is 0 Å². The molecule has 0 atom stereocenters. The monoisotopic (exact) mass is 358 g/mol. The Labute approximate surface area is 107 Å². The molecular formula is C6H6F8O4S2. The summed E-state index contributed by atoms with van der Waals surface area (Å²) in [6, 6.07) is 0. The molecule has 0 bridgehead atoms. The smallest absolute Gasteiger partial charge is 0.223 e. The summed E-state index contributed by atoms with van der Waals surface area (Å²) >= 11 is 0. The second-order valence-electron chi connectivity index (χ2n) is 3.73. The highest BCUT2D eigenvalue weighted by molar-refractivity contribution is 7.92. The van der Waals surface area contributed by atoms with E-state index >= 15 is 0 Å². The van der Waals surface area contributed by atoms with Crippen molar-refractivity contribution in [2.24, 2.45) is 0 Å². The van der Waals surface area contributed by atoms with Gasteiger partial charge >= 0.3 is 22.4 Å². The predicted octanol–water partition coefficient (Wildman–Crippen LogP) is 1.53. The number of hydrogen-bond donors (Lipinski definition) is 0. The van der Waals surface area contributed by atoms with Crippen LogP contribution in [0.2, 0.25) is 0 Å². The van der Waals surface area contributed by atoms with Crippen LogP contribution in [0, 0.1) is 0 Å². The minimum atomic E-state index is -7.17. The van der Waals surface area contributed by atoms with E-state index in [1.165, 1.54) is 0 Å². The minimum absolute atomic E-state index is 0.602. The maximum atomic E-state index is 12.9. The van der Waals surface area contributed by atoms with Crippen molar-refractivity contribution in [3.05, 3.63) is 0 Å². The maximum absolute atomic E-state index is 12.9. The van der Waals surface area contributed by atoms with E-state index in [-0.39, 0.29) is 0 Å². The first-order valence-electron chi connectivity index (χ1n) is 4.15. The third-order valence-electron chi connectivity index (χ3n) is 2.06. The normalized spacial score (nSPS) is 16.3. The highest BCUT2D eigenvalue weighted by Crippen LogP contribution is 2.55. The first-order chi connectivity index (χ1) is 8.25. The van der Waals surface area contributed by atoms with Crippen molar-refractivity contribution in [2.75, 3.05) is 12.5 Å². The molecule has 0 fully saturated rings. The third-order valence-corrected chi connectivity index (χ3v) is 4.43. The van der Waals surface area contributed by atoms with Crippen LogP contribution < -0.4 is 0 Å². The fraction of sp³-hybridized carbons (Fsp3) is 1.00. The van der Waals surface area contributed by atoms with Gasteiger partial charge < -0.3 is 0 Å². The molecule has 0 aromatic carbocycles. The highest BCUT2D eigenvalue weighted by atomic mass is 32.2. The van der Waals surface area contributed by atoms with Crippen LogP contribution in [0.15, 0.2) is 0 Å². The lowest BCUT2D eigenvalue weighted by Gasteiger charge is -2.34. The predicted molar refractivity (Wildman–Crippen MR) is 49.5 cm³/mol. The maximum Gasteiger partial charge on any atom is 0.413 e. The molecule has 0 unspecified atom stereocenters. The number of alkyl halides is 8. The summed E-state index contributed by atoms with van der Waals surface area (Å²) in [7, 11) is -12.5. The van der Waals surface area contributed by atoms with Crippen molar-refractivity contribution < 1.29 is 52.0 Å². The molecule has 0 spiro atoms. The number of rotatable bonds is 5. The second-order valence-corrected chi connectivity index (χ2v) is 7.84. The van der Waals surface area contributed by atoms with E-state index in [1.807, 2.05) is 0 Å². The zero-order valence-electron chi connectivity index (χ0n) is 9.47. The van der Waals surface area contributed by atoms with Crippen molar-refractivity contribution >= 4 is 19.7 Å². The molecule has 0 aliphatic heterocycles. The molecular weight excluding hydrogens is 352 g/mol. The van der Waals surface area contributed by atoms with Crippen LogP contribution in [0.3, 0.4) is 0 Å². The Kier molecular flexibility index (Phi) is 4.27. The quantitative estimate of drug-likeness (QED) is 0.699. The van der Waals surface area contributed by atoms with E-state index in [4.69, 9.17) is 0 Å². The van der Waals surface area contributed by atoms with E-state index in [9.17, 15) is 52.0 Å². The number of halogens is 8. The first kappa shape index (κ1) is 19.3. The fourth-order valence-corrected chi connectivity index (χ4v) is 2.02. The SMILES string of the molecule is CS(=O)(=O)C(F)(F)C(F)(F)C(F)(F)C(F)(F)S(C)(=O)=O. The molecule has 0 aliphatic rings. The van der Waals surface area contributed by atoms with Gasteiger partial charge in [-0.15, -0.1) is 0 Å². The summed E-state index contributed by atoms with van der Waals surface area (Å²) < 4.78 is 144. The van der Waals surface area contributed by atoms with E-state index in [0.717, 1.165) is 0 Å². The third kappa shape index (κ3) is 2.35. The van der Waals surface area contributed by atoms with Gasteiger partial charge in [0.1, 0.15) is 0 Å². The van der Waals surface area contributed by atoms with Crippen LogP contribution in [-0.4, -0.2) is 51.7 Å². The van der Waals surface area contributed by atoms with Gasteiger partial charge in [-0.3, -0.25) is 0 Å². The molecule has 0 N–H and O–H groups in total. The average molecular weight is 358 g/mol. The van der Waals surface area contributed by atoms with E-state index in [1.54, 1.807) is 0 Å². The average Bonchev–Trinajstić information content (AvgIpc) is 2.12. The van der Waals surface area contributed by atoms with E-state index in [0.29, 0.717) is 0 Å². The van der Waals surface area contributed by atoms with Crippen LogP contribution in [0.25, 0.3) is 0 Å². The summed E-state index contributed by atoms with van der Waals surface area (Å²) in [5.74, 6) is -14.3. The fourth-order valence-electron chi connectivity index (χ4n) is 0.831. The van der Waals surface area contributed by atoms with Crippen LogP contribution >= 0.6 is 0 Å². The highest BCUT2D eigenvalue weighted by Gasteiger charge is 2.86. The Balaban J connectivity index is 6.37. The van der Waals surface area contributed by atoms with Crippen molar-refractivity contribution in [2.45, 2.75) is 22.4 Å². The molecule has 20 heavy (non-hydrogen) atoms. The van der Waals surface area contributed by atoms with Crippen LogP contribution in [0.1, 0.15) is 0 Å². The lowest BCUT2D eigenvalue weighted by Crippen LogP contribution is -2.65. The van der Waals surface area contributed by atoms with Gasteiger partial charge in [-0.1, -0.05) is 0 Å². The molecule has 14 heteroatoms. The van der Waals surface area contributed by atoms with Gasteiger partial charge in [-0.2, -0.15) is 35.1 Å². The van der Waals surface area contributed by atoms with Crippen LogP contribution in [0.5, 0.6) is 0 Å². The molecule has 0 saturated heterocycles. The van der Waals surface area contributed by atoms with Crippen LogP contribution in [0.4, 0.5) is 35.1 Å². The summed E-state index contributed by atoms with van der Waals surface area (Å²) in [5, 5.41) is -13.2. The zero-order valence-corrected chi connectivity index (χ0v) is 11.1. The van der Waals surface area contributed by atoms with Crippen molar-refractivity contribution in [3.63, 3.8) is 0 Å². The lowest BCUT2D eigenvalue weighted by molar-refractivity contribution is -0.325. The Bertz CT molecular complexity index is 536. The van der Waals surface area contributed by atoms with E-state index < -0.39 is 54.5 Å². The van der Waals surface area contributed by atoms with Crippen molar-refractivity contribution in [1.29, 1.82) is 0 Å². The lowest BCUT2D eigenvalue weighted by atomic mass is 10.2. The molecule has 122 valence electrons. The Morgan fingerprint density at radius 3 is 0.800 bits per heavy atom. The topological polar surface area (TPSA) is 68.3 Å². The molecule has 0 saturated carbocycles. The van der Waals surface area contributed by atoms with Gasteiger partial charge in [0.15, 0.2) is 0 Å². The zero-order chi connectivity index (χ0) is 17.0. The summed E-state index contributed by atoms with van der Waals surface area (Å²) in [6.07, 6.45) is -1.20. The molecule has 0 amide bonds. The second kappa shape index (κ2) is 4.42. The Morgan fingerprint density at radius 1 is 0.550 bits per heavy atom. The minimum Gasteiger partial charge on any atom is -0.223 e. The standard InChI is InChI=1S/C6H6F8O4S2/c1-19(15,16)5(11,12)3(7,8)4(9,10)6(13,14)20(2,17)18/h1-2H3. The van der Waals surface area contributed by atoms with Crippen molar-refractivity contribution in [3.8, 4) is 0 Å². The summed E-state index contributed by atoms with van der Waals surface area (Å²) in [6.45, 7) is 0. The molecule has 0 radical (unpaired) electrons. The van der Waals surface area contributed by atoms with Crippen LogP contribution in [-0.2, 0) is 19.7 Å². The van der Waals surface area contributed by atoms with Gasteiger partial charge in [0, 0.05) is 12.5 Å². The van der Waals surface area contributed by atoms with Gasteiger partial charge in [0.2, 0.25) is 19.7 Å². The van der Waals surface area contributed by atoms with Crippen molar-refractivity contribution in [1.82, 2.24) is 0 Å². The molecule has 0 aromatic heterocycles.